The van der Waals surface area contributed by atoms with Crippen LogP contribution in [-0.4, -0.2) is 31.1 Å². The number of hydrogen-bond donors (Lipinski definition) is 2. The third-order valence-electron chi connectivity index (χ3n) is 2.37. The molecule has 0 fully saturated rings. The van der Waals surface area contributed by atoms with Gasteiger partial charge in [0.25, 0.3) is 0 Å². The number of nitrogens with one attached hydrogen (secondary N) is 2. The molecule has 1 aromatic heterocycles. The minimum atomic E-state index is -0.0340. The molecule has 1 rings (SSSR count). The lowest BCUT2D eigenvalue weighted by molar-refractivity contribution is -0.121. The Balaban J connectivity index is 0.00000154. The SMILES string of the molecule is CC.CNC(=O)CCc1cc(CCC(=O)NC)on1. The summed E-state index contributed by atoms with van der Waals surface area (Å²) < 4.78 is 5.06. The van der Waals surface area contributed by atoms with Crippen LogP contribution in [0.5, 0.6) is 0 Å². The monoisotopic (exact) mass is 269 g/mol. The maximum atomic E-state index is 11.0. The maximum absolute atomic E-state index is 11.0. The molecule has 0 unspecified atom stereocenters. The Morgan fingerprint density at radius 1 is 1.11 bits per heavy atom. The highest BCUT2D eigenvalue weighted by Crippen LogP contribution is 2.08. The van der Waals surface area contributed by atoms with Crippen molar-refractivity contribution in [1.82, 2.24) is 15.8 Å². The van der Waals surface area contributed by atoms with E-state index >= 15 is 0 Å². The van der Waals surface area contributed by atoms with Gasteiger partial charge in [-0.3, -0.25) is 9.59 Å². The molecule has 2 amide bonds. The number of hydrogen-bond acceptors (Lipinski definition) is 4. The number of amides is 2. The third kappa shape index (κ3) is 7.23. The minimum absolute atomic E-state index is 0.0279. The van der Waals surface area contributed by atoms with Gasteiger partial charge < -0.3 is 15.2 Å². The summed E-state index contributed by atoms with van der Waals surface area (Å²) in [6, 6.07) is 1.78. The van der Waals surface area contributed by atoms with Gasteiger partial charge in [0.15, 0.2) is 0 Å². The molecule has 1 heterocycles. The van der Waals surface area contributed by atoms with Crippen LogP contribution in [0.4, 0.5) is 0 Å². The second-order valence-corrected chi connectivity index (χ2v) is 3.63. The highest BCUT2D eigenvalue weighted by molar-refractivity contribution is 5.76. The van der Waals surface area contributed by atoms with Gasteiger partial charge in [-0.1, -0.05) is 19.0 Å². The Kier molecular flexibility index (Phi) is 9.12. The van der Waals surface area contributed by atoms with Crippen LogP contribution in [0, 0.1) is 0 Å². The van der Waals surface area contributed by atoms with Gasteiger partial charge in [-0.2, -0.15) is 0 Å². The van der Waals surface area contributed by atoms with Crippen molar-refractivity contribution >= 4 is 11.8 Å². The Morgan fingerprint density at radius 3 is 2.16 bits per heavy atom. The fourth-order valence-electron chi connectivity index (χ4n) is 1.32. The molecule has 0 spiro atoms. The van der Waals surface area contributed by atoms with Crippen molar-refractivity contribution in [2.45, 2.75) is 39.5 Å². The van der Waals surface area contributed by atoms with Crippen molar-refractivity contribution < 1.29 is 14.1 Å². The van der Waals surface area contributed by atoms with Crippen molar-refractivity contribution in [3.63, 3.8) is 0 Å². The van der Waals surface area contributed by atoms with E-state index in [4.69, 9.17) is 4.52 Å². The molecule has 0 saturated carbocycles. The van der Waals surface area contributed by atoms with E-state index in [0.29, 0.717) is 31.4 Å². The smallest absolute Gasteiger partial charge is 0.220 e. The van der Waals surface area contributed by atoms with E-state index in [1.165, 1.54) is 0 Å². The Labute approximate surface area is 113 Å². The van der Waals surface area contributed by atoms with Gasteiger partial charge in [-0.25, -0.2) is 0 Å². The number of nitrogens with zero attached hydrogens (tertiary/aromatic N) is 1. The first-order chi connectivity index (χ1) is 9.15. The molecule has 0 bridgehead atoms. The van der Waals surface area contributed by atoms with Crippen LogP contribution in [-0.2, 0) is 22.4 Å². The summed E-state index contributed by atoms with van der Waals surface area (Å²) in [7, 11) is 3.19. The summed E-state index contributed by atoms with van der Waals surface area (Å²) in [5.74, 6) is 0.605. The summed E-state index contributed by atoms with van der Waals surface area (Å²) in [5.41, 5.74) is 0.737. The lowest BCUT2D eigenvalue weighted by Crippen LogP contribution is -2.18. The first-order valence-corrected chi connectivity index (χ1v) is 6.51. The van der Waals surface area contributed by atoms with E-state index in [1.54, 1.807) is 20.2 Å². The van der Waals surface area contributed by atoms with Gasteiger partial charge in [-0.05, 0) is 0 Å². The van der Waals surface area contributed by atoms with Gasteiger partial charge in [0, 0.05) is 45.8 Å². The third-order valence-corrected chi connectivity index (χ3v) is 2.37. The zero-order chi connectivity index (χ0) is 14.7. The molecular weight excluding hydrogens is 246 g/mol. The molecule has 0 aliphatic carbocycles. The summed E-state index contributed by atoms with van der Waals surface area (Å²) >= 11 is 0. The molecule has 0 aliphatic heterocycles. The quantitative estimate of drug-likeness (QED) is 0.808. The van der Waals surface area contributed by atoms with E-state index < -0.39 is 0 Å². The van der Waals surface area contributed by atoms with Gasteiger partial charge in [0.1, 0.15) is 5.76 Å². The fourth-order valence-corrected chi connectivity index (χ4v) is 1.32. The topological polar surface area (TPSA) is 84.2 Å². The van der Waals surface area contributed by atoms with E-state index in [1.807, 2.05) is 13.8 Å². The molecule has 19 heavy (non-hydrogen) atoms. The first kappa shape index (κ1) is 17.2. The lowest BCUT2D eigenvalue weighted by atomic mass is 10.2. The highest BCUT2D eigenvalue weighted by Gasteiger charge is 2.08. The van der Waals surface area contributed by atoms with Gasteiger partial charge >= 0.3 is 0 Å². The number of rotatable bonds is 6. The average Bonchev–Trinajstić information content (AvgIpc) is 2.92. The van der Waals surface area contributed by atoms with Crippen LogP contribution in [0.3, 0.4) is 0 Å². The molecule has 2 N–H and O–H groups in total. The predicted molar refractivity (Wildman–Crippen MR) is 72.6 cm³/mol. The molecule has 6 nitrogen and oxygen atoms in total. The lowest BCUT2D eigenvalue weighted by Gasteiger charge is -1.95. The Bertz CT molecular complexity index is 354. The number of carbonyl (C=O) groups excluding carboxylic acids is 2. The van der Waals surface area contributed by atoms with Crippen LogP contribution >= 0.6 is 0 Å². The fraction of sp³-hybridized carbons (Fsp3) is 0.615. The minimum Gasteiger partial charge on any atom is -0.361 e. The first-order valence-electron chi connectivity index (χ1n) is 6.51. The van der Waals surface area contributed by atoms with Crippen LogP contribution in [0.15, 0.2) is 10.6 Å². The molecule has 1 aromatic rings. The summed E-state index contributed by atoms with van der Waals surface area (Å²) in [5, 5.41) is 8.91. The molecule has 0 saturated heterocycles. The maximum Gasteiger partial charge on any atom is 0.220 e. The standard InChI is InChI=1S/C11H17N3O3.C2H6/c1-12-10(15)5-3-8-7-9(17-14-8)4-6-11(16)13-2;1-2/h7H,3-6H2,1-2H3,(H,12,15)(H,13,16);1-2H3. The van der Waals surface area contributed by atoms with Crippen LogP contribution < -0.4 is 10.6 Å². The van der Waals surface area contributed by atoms with Crippen molar-refractivity contribution in [3.05, 3.63) is 17.5 Å². The van der Waals surface area contributed by atoms with E-state index in [-0.39, 0.29) is 11.8 Å². The predicted octanol–water partition coefficient (Wildman–Crippen LogP) is 1.06. The molecule has 108 valence electrons. The van der Waals surface area contributed by atoms with Crippen molar-refractivity contribution in [2.24, 2.45) is 0 Å². The number of aromatic nitrogens is 1. The van der Waals surface area contributed by atoms with Crippen LogP contribution in [0.2, 0.25) is 0 Å². The molecule has 0 radical (unpaired) electrons. The van der Waals surface area contributed by atoms with Gasteiger partial charge in [-0.15, -0.1) is 0 Å². The zero-order valence-corrected chi connectivity index (χ0v) is 12.1. The molecule has 0 aromatic carbocycles. The number of carbonyl (C=O) groups is 2. The van der Waals surface area contributed by atoms with Crippen LogP contribution in [0.25, 0.3) is 0 Å². The second-order valence-electron chi connectivity index (χ2n) is 3.63. The molecular formula is C13H23N3O3. The summed E-state index contributed by atoms with van der Waals surface area (Å²) in [6.45, 7) is 4.00. The largest absolute Gasteiger partial charge is 0.361 e. The second kappa shape index (κ2) is 10.1. The van der Waals surface area contributed by atoms with Crippen molar-refractivity contribution in [1.29, 1.82) is 0 Å². The Hall–Kier alpha value is -1.85. The van der Waals surface area contributed by atoms with Gasteiger partial charge in [0.05, 0.1) is 5.69 Å². The molecule has 0 aliphatic rings. The highest BCUT2D eigenvalue weighted by atomic mass is 16.5. The van der Waals surface area contributed by atoms with E-state index in [2.05, 4.69) is 15.8 Å². The number of aryl methyl sites for hydroxylation is 2. The average molecular weight is 269 g/mol. The van der Waals surface area contributed by atoms with Crippen molar-refractivity contribution in [3.8, 4) is 0 Å². The van der Waals surface area contributed by atoms with Gasteiger partial charge in [0.2, 0.25) is 11.8 Å². The zero-order valence-electron chi connectivity index (χ0n) is 12.1. The summed E-state index contributed by atoms with van der Waals surface area (Å²) in [6.07, 6.45) is 1.83. The summed E-state index contributed by atoms with van der Waals surface area (Å²) in [4.78, 5) is 22.0. The van der Waals surface area contributed by atoms with Crippen molar-refractivity contribution in [2.75, 3.05) is 14.1 Å². The molecule has 6 heteroatoms. The van der Waals surface area contributed by atoms with E-state index in [9.17, 15) is 9.59 Å². The Morgan fingerprint density at radius 2 is 1.63 bits per heavy atom. The normalized spacial score (nSPS) is 9.26. The van der Waals surface area contributed by atoms with E-state index in [0.717, 1.165) is 5.69 Å². The van der Waals surface area contributed by atoms with Crippen LogP contribution in [0.1, 0.15) is 38.1 Å². The molecule has 0 atom stereocenters.